The maximum atomic E-state index is 12.5. The Morgan fingerprint density at radius 2 is 1.71 bits per heavy atom. The lowest BCUT2D eigenvalue weighted by molar-refractivity contribution is -0.116. The van der Waals surface area contributed by atoms with Gasteiger partial charge in [0.1, 0.15) is 16.9 Å². The van der Waals surface area contributed by atoms with Gasteiger partial charge in [0.25, 0.3) is 0 Å². The Kier molecular flexibility index (Phi) is 5.33. The first kappa shape index (κ1) is 20.4. The van der Waals surface area contributed by atoms with Crippen LogP contribution >= 0.6 is 0 Å². The van der Waals surface area contributed by atoms with Gasteiger partial charge in [-0.2, -0.15) is 0 Å². The molecule has 4 rings (SSSR count). The summed E-state index contributed by atoms with van der Waals surface area (Å²) in [6.45, 7) is 3.66. The molecular formula is C24H21NO6. The number of methoxy groups -OCH3 is 1. The number of carbonyl (C=O) groups is 1. The highest BCUT2D eigenvalue weighted by molar-refractivity contribution is 5.93. The lowest BCUT2D eigenvalue weighted by Gasteiger charge is -2.10. The molecule has 1 amide bonds. The highest BCUT2D eigenvalue weighted by Gasteiger charge is 2.14. The molecule has 2 aromatic carbocycles. The van der Waals surface area contributed by atoms with E-state index >= 15 is 0 Å². The molecule has 0 spiro atoms. The quantitative estimate of drug-likeness (QED) is 0.489. The fourth-order valence-corrected chi connectivity index (χ4v) is 3.66. The van der Waals surface area contributed by atoms with Crippen molar-refractivity contribution >= 4 is 33.5 Å². The van der Waals surface area contributed by atoms with Crippen molar-refractivity contribution in [2.45, 2.75) is 26.7 Å². The van der Waals surface area contributed by atoms with Crippen LogP contribution in [0.5, 0.6) is 5.75 Å². The average Bonchev–Trinajstić information content (AvgIpc) is 2.72. The molecule has 0 fully saturated rings. The number of carbonyl (C=O) groups excluding carboxylic acids is 1. The van der Waals surface area contributed by atoms with Gasteiger partial charge in [0, 0.05) is 46.6 Å². The van der Waals surface area contributed by atoms with Gasteiger partial charge in [0.2, 0.25) is 5.91 Å². The van der Waals surface area contributed by atoms with Crippen molar-refractivity contribution in [2.75, 3.05) is 12.4 Å². The summed E-state index contributed by atoms with van der Waals surface area (Å²) in [6, 6.07) is 11.9. The zero-order valence-corrected chi connectivity index (χ0v) is 17.4. The molecule has 0 unspecified atom stereocenters. The molecule has 31 heavy (non-hydrogen) atoms. The number of benzene rings is 2. The van der Waals surface area contributed by atoms with E-state index < -0.39 is 11.3 Å². The molecule has 0 atom stereocenters. The first-order chi connectivity index (χ1) is 14.9. The topological polar surface area (TPSA) is 98.7 Å². The minimum Gasteiger partial charge on any atom is -0.497 e. The van der Waals surface area contributed by atoms with E-state index in [1.165, 1.54) is 6.07 Å². The number of anilines is 1. The average molecular weight is 419 g/mol. The normalized spacial score (nSPS) is 11.1. The number of aryl methyl sites for hydroxylation is 2. The molecule has 0 radical (unpaired) electrons. The van der Waals surface area contributed by atoms with E-state index in [1.54, 1.807) is 37.4 Å². The van der Waals surface area contributed by atoms with E-state index in [1.807, 2.05) is 19.9 Å². The van der Waals surface area contributed by atoms with Crippen LogP contribution in [0.4, 0.5) is 5.69 Å². The summed E-state index contributed by atoms with van der Waals surface area (Å²) in [5, 5.41) is 4.39. The Morgan fingerprint density at radius 3 is 2.48 bits per heavy atom. The molecule has 1 N–H and O–H groups in total. The van der Waals surface area contributed by atoms with Crippen molar-refractivity contribution in [3.63, 3.8) is 0 Å². The van der Waals surface area contributed by atoms with Crippen LogP contribution in [0.1, 0.15) is 23.1 Å². The van der Waals surface area contributed by atoms with E-state index in [0.29, 0.717) is 28.2 Å². The molecule has 2 aromatic heterocycles. The smallest absolute Gasteiger partial charge is 0.339 e. The lowest BCUT2D eigenvalue weighted by Crippen LogP contribution is -2.16. The minimum absolute atomic E-state index is 0.100. The molecule has 0 bridgehead atoms. The largest absolute Gasteiger partial charge is 0.497 e. The van der Waals surface area contributed by atoms with Crippen LogP contribution in [0, 0.1) is 13.8 Å². The zero-order chi connectivity index (χ0) is 22.1. The predicted molar refractivity (Wildman–Crippen MR) is 118 cm³/mol. The van der Waals surface area contributed by atoms with Crippen molar-refractivity contribution in [2.24, 2.45) is 0 Å². The summed E-state index contributed by atoms with van der Waals surface area (Å²) in [4.78, 5) is 36.5. The maximum absolute atomic E-state index is 12.5. The van der Waals surface area contributed by atoms with Gasteiger partial charge in [-0.25, -0.2) is 9.59 Å². The SMILES string of the molecule is COc1ccc2c(C)c(CCC(=O)Nc3ccc4c(C)cc(=O)oc4c3)c(=O)oc2c1. The van der Waals surface area contributed by atoms with Crippen LogP contribution in [-0.2, 0) is 11.2 Å². The van der Waals surface area contributed by atoms with Crippen LogP contribution in [0.3, 0.4) is 0 Å². The van der Waals surface area contributed by atoms with Gasteiger partial charge in [0.05, 0.1) is 7.11 Å². The first-order valence-electron chi connectivity index (χ1n) is 9.80. The number of hydrogen-bond donors (Lipinski definition) is 1. The Balaban J connectivity index is 1.52. The second kappa shape index (κ2) is 8.10. The van der Waals surface area contributed by atoms with Gasteiger partial charge in [-0.3, -0.25) is 4.79 Å². The summed E-state index contributed by atoms with van der Waals surface area (Å²) >= 11 is 0. The number of nitrogens with one attached hydrogen (secondary N) is 1. The molecule has 2 heterocycles. The van der Waals surface area contributed by atoms with Gasteiger partial charge in [0.15, 0.2) is 0 Å². The lowest BCUT2D eigenvalue weighted by atomic mass is 10.0. The van der Waals surface area contributed by atoms with E-state index in [-0.39, 0.29) is 18.7 Å². The van der Waals surface area contributed by atoms with E-state index in [9.17, 15) is 14.4 Å². The zero-order valence-electron chi connectivity index (χ0n) is 17.4. The number of rotatable bonds is 5. The molecule has 0 aliphatic carbocycles. The van der Waals surface area contributed by atoms with Crippen LogP contribution in [-0.4, -0.2) is 13.0 Å². The van der Waals surface area contributed by atoms with E-state index in [0.717, 1.165) is 21.9 Å². The molecular weight excluding hydrogens is 398 g/mol. The molecule has 0 aliphatic heterocycles. The second-order valence-corrected chi connectivity index (χ2v) is 7.36. The van der Waals surface area contributed by atoms with Gasteiger partial charge < -0.3 is 18.9 Å². The third kappa shape index (κ3) is 4.07. The Bertz CT molecular complexity index is 1430. The molecule has 158 valence electrons. The minimum atomic E-state index is -0.464. The van der Waals surface area contributed by atoms with E-state index in [2.05, 4.69) is 5.32 Å². The monoisotopic (exact) mass is 419 g/mol. The number of hydrogen-bond acceptors (Lipinski definition) is 6. The summed E-state index contributed by atoms with van der Waals surface area (Å²) in [5.41, 5.74) is 2.52. The standard InChI is InChI=1S/C24H21NO6/c1-13-10-23(27)30-20-11-15(4-6-17(13)20)25-22(26)9-8-19-14(2)18-7-5-16(29-3)12-21(18)31-24(19)28/h4-7,10-12H,8-9H2,1-3H3,(H,25,26). The van der Waals surface area contributed by atoms with Crippen LogP contribution in [0.25, 0.3) is 21.9 Å². The maximum Gasteiger partial charge on any atom is 0.339 e. The summed E-state index contributed by atoms with van der Waals surface area (Å²) in [6.07, 6.45) is 0.340. The number of fused-ring (bicyclic) bond motifs is 2. The molecule has 7 heteroatoms. The molecule has 0 saturated carbocycles. The van der Waals surface area contributed by atoms with Crippen LogP contribution in [0.15, 0.2) is 60.9 Å². The van der Waals surface area contributed by atoms with Crippen molar-refractivity contribution < 1.29 is 18.4 Å². The highest BCUT2D eigenvalue weighted by Crippen LogP contribution is 2.25. The second-order valence-electron chi connectivity index (χ2n) is 7.36. The Labute approximate surface area is 177 Å². The van der Waals surface area contributed by atoms with Gasteiger partial charge >= 0.3 is 11.3 Å². The van der Waals surface area contributed by atoms with E-state index in [4.69, 9.17) is 13.6 Å². The Morgan fingerprint density at radius 1 is 0.968 bits per heavy atom. The molecule has 0 saturated heterocycles. The van der Waals surface area contributed by atoms with Crippen molar-refractivity contribution in [3.8, 4) is 5.75 Å². The molecule has 7 nitrogen and oxygen atoms in total. The van der Waals surface area contributed by atoms with Gasteiger partial charge in [-0.05, 0) is 55.7 Å². The van der Waals surface area contributed by atoms with Crippen LogP contribution in [0.2, 0.25) is 0 Å². The van der Waals surface area contributed by atoms with Crippen molar-refractivity contribution in [3.05, 3.63) is 80.0 Å². The predicted octanol–water partition coefficient (Wildman–Crippen LogP) is 4.10. The number of amides is 1. The fourth-order valence-electron chi connectivity index (χ4n) is 3.66. The van der Waals surface area contributed by atoms with Gasteiger partial charge in [-0.15, -0.1) is 0 Å². The van der Waals surface area contributed by atoms with Gasteiger partial charge in [-0.1, -0.05) is 0 Å². The molecule has 4 aromatic rings. The van der Waals surface area contributed by atoms with Crippen LogP contribution < -0.4 is 21.3 Å². The van der Waals surface area contributed by atoms with Crippen molar-refractivity contribution in [1.82, 2.24) is 0 Å². The fraction of sp³-hybridized carbons (Fsp3) is 0.208. The Hall–Kier alpha value is -3.87. The third-order valence-electron chi connectivity index (χ3n) is 5.33. The summed E-state index contributed by atoms with van der Waals surface area (Å²) in [7, 11) is 1.55. The summed E-state index contributed by atoms with van der Waals surface area (Å²) < 4.78 is 15.8. The summed E-state index contributed by atoms with van der Waals surface area (Å²) in [5.74, 6) is 0.339. The third-order valence-corrected chi connectivity index (χ3v) is 5.33. The first-order valence-corrected chi connectivity index (χ1v) is 9.80. The highest BCUT2D eigenvalue weighted by atomic mass is 16.5. The van der Waals surface area contributed by atoms with Crippen molar-refractivity contribution in [1.29, 1.82) is 0 Å². The number of ether oxygens (including phenoxy) is 1. The molecule has 0 aliphatic rings.